The van der Waals surface area contributed by atoms with Crippen molar-refractivity contribution in [1.29, 1.82) is 0 Å². The molecule has 2 aliphatic heterocycles. The Morgan fingerprint density at radius 3 is 2.45 bits per heavy atom. The Bertz CT molecular complexity index is 401. The molecule has 1 aliphatic carbocycles. The summed E-state index contributed by atoms with van der Waals surface area (Å²) in [5.41, 5.74) is 0.328. The lowest BCUT2D eigenvalue weighted by atomic mass is 9.80. The second kappa shape index (κ2) is 6.44. The van der Waals surface area contributed by atoms with Crippen molar-refractivity contribution in [3.05, 3.63) is 0 Å². The molecule has 0 radical (unpaired) electrons. The summed E-state index contributed by atoms with van der Waals surface area (Å²) in [6, 6.07) is 0. The molecule has 0 bridgehead atoms. The maximum Gasteiger partial charge on any atom is 0.225 e. The van der Waals surface area contributed by atoms with E-state index in [2.05, 4.69) is 23.9 Å². The van der Waals surface area contributed by atoms with Crippen molar-refractivity contribution in [2.24, 2.45) is 5.92 Å². The number of piperidine rings is 1. The Balaban J connectivity index is 1.52. The summed E-state index contributed by atoms with van der Waals surface area (Å²) in [5.74, 6) is 0.180. The summed E-state index contributed by atoms with van der Waals surface area (Å²) in [6.07, 6.45) is 4.92. The minimum Gasteiger partial charge on any atom is -0.342 e. The normalized spacial score (nSPS) is 31.7. The predicted molar refractivity (Wildman–Crippen MR) is 85.5 cm³/mol. The molecule has 1 spiro atoms. The molecule has 1 saturated carbocycles. The van der Waals surface area contributed by atoms with Crippen LogP contribution in [0.3, 0.4) is 0 Å². The molecular weight excluding hydrogens is 281 g/mol. The molecule has 0 aromatic heterocycles. The van der Waals surface area contributed by atoms with Gasteiger partial charge in [-0.25, -0.2) is 4.39 Å². The van der Waals surface area contributed by atoms with Crippen molar-refractivity contribution in [1.82, 2.24) is 14.7 Å². The van der Waals surface area contributed by atoms with Crippen LogP contribution >= 0.6 is 0 Å². The van der Waals surface area contributed by atoms with Crippen LogP contribution in [0.15, 0.2) is 0 Å². The molecule has 3 fully saturated rings. The standard InChI is InChI=1S/C17H30FN3O/c1-19(2)10-11-21-7-3-4-17(21)5-8-20(9-6-17)16(22)14-12-15(18)13-14/h14-15H,3-13H2,1-2H3. The smallest absolute Gasteiger partial charge is 0.225 e. The number of hydrogen-bond acceptors (Lipinski definition) is 3. The van der Waals surface area contributed by atoms with Crippen molar-refractivity contribution >= 4 is 5.91 Å². The molecule has 3 rings (SSSR count). The third-order valence-electron chi connectivity index (χ3n) is 5.99. The predicted octanol–water partition coefficient (Wildman–Crippen LogP) is 1.75. The van der Waals surface area contributed by atoms with Gasteiger partial charge >= 0.3 is 0 Å². The van der Waals surface area contributed by atoms with E-state index in [1.807, 2.05) is 4.90 Å². The van der Waals surface area contributed by atoms with Crippen molar-refractivity contribution in [3.8, 4) is 0 Å². The van der Waals surface area contributed by atoms with Crippen LogP contribution in [0.5, 0.6) is 0 Å². The van der Waals surface area contributed by atoms with E-state index >= 15 is 0 Å². The number of alkyl halides is 1. The third kappa shape index (κ3) is 3.16. The Labute approximate surface area is 133 Å². The molecule has 126 valence electrons. The molecule has 1 amide bonds. The Morgan fingerprint density at radius 2 is 1.86 bits per heavy atom. The van der Waals surface area contributed by atoms with Crippen LogP contribution in [0.4, 0.5) is 4.39 Å². The topological polar surface area (TPSA) is 26.8 Å². The average Bonchev–Trinajstić information content (AvgIpc) is 2.84. The number of nitrogens with zero attached hydrogens (tertiary/aromatic N) is 3. The number of carbonyl (C=O) groups is 1. The van der Waals surface area contributed by atoms with E-state index in [0.717, 1.165) is 39.0 Å². The maximum atomic E-state index is 13.0. The average molecular weight is 311 g/mol. The first kappa shape index (κ1) is 16.2. The van der Waals surface area contributed by atoms with Gasteiger partial charge in [0.25, 0.3) is 0 Å². The van der Waals surface area contributed by atoms with Crippen LogP contribution in [0.2, 0.25) is 0 Å². The molecular formula is C17H30FN3O. The number of hydrogen-bond donors (Lipinski definition) is 0. The Hall–Kier alpha value is -0.680. The molecule has 5 heteroatoms. The van der Waals surface area contributed by atoms with Crippen LogP contribution in [0, 0.1) is 5.92 Å². The van der Waals surface area contributed by atoms with E-state index in [1.54, 1.807) is 0 Å². The zero-order chi connectivity index (χ0) is 15.7. The summed E-state index contributed by atoms with van der Waals surface area (Å²) >= 11 is 0. The number of likely N-dealkylation sites (tertiary alicyclic amines) is 2. The van der Waals surface area contributed by atoms with Crippen LogP contribution in [0.25, 0.3) is 0 Å². The van der Waals surface area contributed by atoms with Gasteiger partial charge in [-0.15, -0.1) is 0 Å². The Morgan fingerprint density at radius 1 is 1.18 bits per heavy atom. The third-order valence-corrected chi connectivity index (χ3v) is 5.99. The Kier molecular flexibility index (Phi) is 4.74. The molecule has 2 heterocycles. The number of likely N-dealkylation sites (N-methyl/N-ethyl adjacent to an activating group) is 1. The number of halogens is 1. The van der Waals surface area contributed by atoms with Gasteiger partial charge in [-0.2, -0.15) is 0 Å². The molecule has 3 aliphatic rings. The van der Waals surface area contributed by atoms with E-state index < -0.39 is 6.17 Å². The summed E-state index contributed by atoms with van der Waals surface area (Å²) in [6.45, 7) is 5.17. The van der Waals surface area contributed by atoms with Crippen molar-refractivity contribution < 1.29 is 9.18 Å². The van der Waals surface area contributed by atoms with Crippen molar-refractivity contribution in [3.63, 3.8) is 0 Å². The summed E-state index contributed by atoms with van der Waals surface area (Å²) in [5, 5.41) is 0. The fraction of sp³-hybridized carbons (Fsp3) is 0.941. The highest BCUT2D eigenvalue weighted by atomic mass is 19.1. The maximum absolute atomic E-state index is 13.0. The van der Waals surface area contributed by atoms with E-state index in [-0.39, 0.29) is 11.8 Å². The summed E-state index contributed by atoms with van der Waals surface area (Å²) in [4.78, 5) is 19.3. The highest BCUT2D eigenvalue weighted by molar-refractivity contribution is 5.80. The minimum absolute atomic E-state index is 0.0301. The SMILES string of the molecule is CN(C)CCN1CCCC12CCN(C(=O)C1CC(F)C1)CC2. The van der Waals surface area contributed by atoms with Crippen LogP contribution in [-0.4, -0.2) is 79.1 Å². The fourth-order valence-corrected chi connectivity index (χ4v) is 4.38. The van der Waals surface area contributed by atoms with Gasteiger partial charge in [-0.05, 0) is 59.2 Å². The van der Waals surface area contributed by atoms with E-state index in [4.69, 9.17) is 0 Å². The monoisotopic (exact) mass is 311 g/mol. The van der Waals surface area contributed by atoms with E-state index in [0.29, 0.717) is 18.4 Å². The zero-order valence-corrected chi connectivity index (χ0v) is 14.1. The minimum atomic E-state index is -0.735. The lowest BCUT2D eigenvalue weighted by Crippen LogP contribution is -2.55. The lowest BCUT2D eigenvalue weighted by Gasteiger charge is -2.46. The molecule has 0 aromatic carbocycles. The fourth-order valence-electron chi connectivity index (χ4n) is 4.38. The van der Waals surface area contributed by atoms with Gasteiger partial charge in [0.15, 0.2) is 0 Å². The summed E-state index contributed by atoms with van der Waals surface area (Å²) < 4.78 is 13.0. The van der Waals surface area contributed by atoms with Gasteiger partial charge in [0.1, 0.15) is 6.17 Å². The first-order valence-electron chi connectivity index (χ1n) is 8.83. The number of amides is 1. The quantitative estimate of drug-likeness (QED) is 0.791. The summed E-state index contributed by atoms with van der Waals surface area (Å²) in [7, 11) is 4.25. The number of carbonyl (C=O) groups excluding carboxylic acids is 1. The molecule has 4 nitrogen and oxygen atoms in total. The van der Waals surface area contributed by atoms with Gasteiger partial charge in [0, 0.05) is 37.6 Å². The van der Waals surface area contributed by atoms with Gasteiger partial charge < -0.3 is 9.80 Å². The largest absolute Gasteiger partial charge is 0.342 e. The van der Waals surface area contributed by atoms with Crippen LogP contribution in [0.1, 0.15) is 38.5 Å². The van der Waals surface area contributed by atoms with Crippen LogP contribution in [-0.2, 0) is 4.79 Å². The van der Waals surface area contributed by atoms with Crippen molar-refractivity contribution in [2.75, 3.05) is 46.8 Å². The molecule has 0 unspecified atom stereocenters. The van der Waals surface area contributed by atoms with Crippen LogP contribution < -0.4 is 0 Å². The number of rotatable bonds is 4. The molecule has 0 N–H and O–H groups in total. The molecule has 0 atom stereocenters. The molecule has 0 aromatic rings. The van der Waals surface area contributed by atoms with Gasteiger partial charge in [0.05, 0.1) is 0 Å². The highest BCUT2D eigenvalue weighted by Gasteiger charge is 2.45. The second-order valence-corrected chi connectivity index (χ2v) is 7.71. The lowest BCUT2D eigenvalue weighted by molar-refractivity contribution is -0.143. The van der Waals surface area contributed by atoms with E-state index in [1.165, 1.54) is 19.4 Å². The highest BCUT2D eigenvalue weighted by Crippen LogP contribution is 2.39. The second-order valence-electron chi connectivity index (χ2n) is 7.71. The molecule has 22 heavy (non-hydrogen) atoms. The van der Waals surface area contributed by atoms with Crippen molar-refractivity contribution in [2.45, 2.75) is 50.2 Å². The van der Waals surface area contributed by atoms with Gasteiger partial charge in [0.2, 0.25) is 5.91 Å². The first-order valence-corrected chi connectivity index (χ1v) is 8.83. The first-order chi connectivity index (χ1) is 10.5. The van der Waals surface area contributed by atoms with E-state index in [9.17, 15) is 9.18 Å². The van der Waals surface area contributed by atoms with Gasteiger partial charge in [-0.1, -0.05) is 0 Å². The van der Waals surface area contributed by atoms with Gasteiger partial charge in [-0.3, -0.25) is 9.69 Å². The molecule has 2 saturated heterocycles. The zero-order valence-electron chi connectivity index (χ0n) is 14.1.